The lowest BCUT2D eigenvalue weighted by molar-refractivity contribution is -0.274. The number of guanidine groups is 1. The number of ether oxygens (including phenoxy) is 4. The van der Waals surface area contributed by atoms with E-state index in [1.54, 1.807) is 6.07 Å². The lowest BCUT2D eigenvalue weighted by Gasteiger charge is -2.15. The molecular formula is C19H22F3N3O4. The molecule has 0 aliphatic carbocycles. The van der Waals surface area contributed by atoms with Crippen LogP contribution in [0.3, 0.4) is 0 Å². The van der Waals surface area contributed by atoms with E-state index in [1.165, 1.54) is 45.6 Å². The van der Waals surface area contributed by atoms with Gasteiger partial charge in [-0.15, -0.1) is 13.2 Å². The summed E-state index contributed by atoms with van der Waals surface area (Å²) in [6.07, 6.45) is -4.22. The van der Waals surface area contributed by atoms with Crippen molar-refractivity contribution in [1.29, 1.82) is 0 Å². The normalized spacial score (nSPS) is 11.7. The molecule has 2 aromatic rings. The zero-order valence-corrected chi connectivity index (χ0v) is 16.2. The molecule has 0 fully saturated rings. The van der Waals surface area contributed by atoms with Crippen molar-refractivity contribution < 1.29 is 32.1 Å². The van der Waals surface area contributed by atoms with E-state index in [0.717, 1.165) is 5.56 Å². The van der Waals surface area contributed by atoms with Crippen LogP contribution in [0.1, 0.15) is 5.56 Å². The molecule has 10 heteroatoms. The number of benzene rings is 2. The zero-order chi connectivity index (χ0) is 21.4. The summed E-state index contributed by atoms with van der Waals surface area (Å²) in [4.78, 5) is 4.21. The second kappa shape index (κ2) is 9.76. The smallest absolute Gasteiger partial charge is 0.493 e. The van der Waals surface area contributed by atoms with Crippen LogP contribution in [0, 0.1) is 0 Å². The summed E-state index contributed by atoms with van der Waals surface area (Å²) in [6.45, 7) is 0.347. The Labute approximate surface area is 166 Å². The molecule has 7 nitrogen and oxygen atoms in total. The van der Waals surface area contributed by atoms with Crippen LogP contribution in [0.25, 0.3) is 0 Å². The number of methoxy groups -OCH3 is 3. The van der Waals surface area contributed by atoms with E-state index in [2.05, 4.69) is 15.0 Å². The summed E-state index contributed by atoms with van der Waals surface area (Å²) in [5.74, 6) is 1.39. The van der Waals surface area contributed by atoms with Crippen molar-refractivity contribution in [1.82, 2.24) is 0 Å². The number of nitrogens with zero attached hydrogens (tertiary/aromatic N) is 1. The molecule has 158 valence electrons. The summed E-state index contributed by atoms with van der Waals surface area (Å²) in [5, 5.41) is 2.80. The number of nitrogens with one attached hydrogen (secondary N) is 1. The Morgan fingerprint density at radius 2 is 1.62 bits per heavy atom. The van der Waals surface area contributed by atoms with Gasteiger partial charge in [0.05, 0.1) is 21.3 Å². The average Bonchev–Trinajstić information content (AvgIpc) is 2.67. The second-order valence-electron chi connectivity index (χ2n) is 5.71. The minimum atomic E-state index is -4.74. The molecule has 2 rings (SSSR count). The number of rotatable bonds is 8. The highest BCUT2D eigenvalue weighted by atomic mass is 19.4. The molecule has 0 aliphatic heterocycles. The van der Waals surface area contributed by atoms with E-state index in [4.69, 9.17) is 19.9 Å². The summed E-state index contributed by atoms with van der Waals surface area (Å²) in [7, 11) is 4.59. The second-order valence-corrected chi connectivity index (χ2v) is 5.71. The van der Waals surface area contributed by atoms with Gasteiger partial charge in [-0.2, -0.15) is 0 Å². The van der Waals surface area contributed by atoms with Crippen molar-refractivity contribution in [3.05, 3.63) is 42.0 Å². The molecule has 0 aromatic heterocycles. The first-order valence-corrected chi connectivity index (χ1v) is 8.48. The van der Waals surface area contributed by atoms with Gasteiger partial charge in [0.2, 0.25) is 5.75 Å². The fourth-order valence-electron chi connectivity index (χ4n) is 2.58. The van der Waals surface area contributed by atoms with Crippen LogP contribution in [0.2, 0.25) is 0 Å². The van der Waals surface area contributed by atoms with Gasteiger partial charge >= 0.3 is 6.36 Å². The topological polar surface area (TPSA) is 87.3 Å². The molecule has 0 unspecified atom stereocenters. The number of aliphatic imine (C=N–C) groups is 1. The largest absolute Gasteiger partial charge is 0.573 e. The van der Waals surface area contributed by atoms with Gasteiger partial charge in [0.15, 0.2) is 17.5 Å². The van der Waals surface area contributed by atoms with Crippen molar-refractivity contribution in [2.75, 3.05) is 33.2 Å². The number of hydrogen-bond donors (Lipinski definition) is 2. The quantitative estimate of drug-likeness (QED) is 0.508. The van der Waals surface area contributed by atoms with Crippen LogP contribution >= 0.6 is 0 Å². The summed E-state index contributed by atoms with van der Waals surface area (Å²) < 4.78 is 56.3. The lowest BCUT2D eigenvalue weighted by atomic mass is 10.1. The van der Waals surface area contributed by atoms with Gasteiger partial charge in [-0.1, -0.05) is 6.07 Å². The van der Waals surface area contributed by atoms with Crippen LogP contribution in [0.4, 0.5) is 18.9 Å². The molecule has 0 saturated carbocycles. The van der Waals surface area contributed by atoms with Crippen LogP contribution in [0.5, 0.6) is 23.0 Å². The molecule has 0 spiro atoms. The number of halogens is 3. The van der Waals surface area contributed by atoms with Gasteiger partial charge in [-0.3, -0.25) is 4.99 Å². The Balaban J connectivity index is 1.99. The van der Waals surface area contributed by atoms with E-state index >= 15 is 0 Å². The standard InChI is InChI=1S/C19H22F3N3O4/c1-26-15-9-4-12(16(27-2)17(15)28-3)10-11-24-18(23)25-13-5-7-14(8-6-13)29-19(20,21)22/h4-9H,10-11H2,1-3H3,(H3,23,24,25). The van der Waals surface area contributed by atoms with Gasteiger partial charge in [0.1, 0.15) is 5.75 Å². The van der Waals surface area contributed by atoms with Crippen molar-refractivity contribution in [3.8, 4) is 23.0 Å². The van der Waals surface area contributed by atoms with Gasteiger partial charge < -0.3 is 30.0 Å². The minimum absolute atomic E-state index is 0.119. The maximum Gasteiger partial charge on any atom is 0.573 e. The van der Waals surface area contributed by atoms with E-state index in [9.17, 15) is 13.2 Å². The van der Waals surface area contributed by atoms with Crippen molar-refractivity contribution >= 4 is 11.6 Å². The highest BCUT2D eigenvalue weighted by Gasteiger charge is 2.30. The van der Waals surface area contributed by atoms with E-state index in [1.807, 2.05) is 6.07 Å². The molecule has 29 heavy (non-hydrogen) atoms. The van der Waals surface area contributed by atoms with Crippen molar-refractivity contribution in [3.63, 3.8) is 0 Å². The summed E-state index contributed by atoms with van der Waals surface area (Å²) in [6, 6.07) is 8.78. The third kappa shape index (κ3) is 6.37. The van der Waals surface area contributed by atoms with Crippen LogP contribution in [-0.4, -0.2) is 40.2 Å². The first-order valence-electron chi connectivity index (χ1n) is 8.48. The molecule has 0 heterocycles. The average molecular weight is 413 g/mol. The third-order valence-corrected chi connectivity index (χ3v) is 3.81. The van der Waals surface area contributed by atoms with Gasteiger partial charge in [0, 0.05) is 17.8 Å². The Morgan fingerprint density at radius 3 is 2.17 bits per heavy atom. The fourth-order valence-corrected chi connectivity index (χ4v) is 2.58. The Kier molecular flexibility index (Phi) is 7.40. The number of anilines is 1. The van der Waals surface area contributed by atoms with E-state index in [-0.39, 0.29) is 11.7 Å². The number of hydrogen-bond acceptors (Lipinski definition) is 5. The predicted octanol–water partition coefficient (Wildman–Crippen LogP) is 3.58. The van der Waals surface area contributed by atoms with Crippen molar-refractivity contribution in [2.45, 2.75) is 12.8 Å². The first kappa shape index (κ1) is 22.0. The summed E-state index contributed by atoms with van der Waals surface area (Å²) >= 11 is 0. The molecule has 0 saturated heterocycles. The van der Waals surface area contributed by atoms with Gasteiger partial charge in [-0.25, -0.2) is 0 Å². The van der Waals surface area contributed by atoms with Gasteiger partial charge in [0.25, 0.3) is 0 Å². The van der Waals surface area contributed by atoms with Crippen LogP contribution in [-0.2, 0) is 6.42 Å². The van der Waals surface area contributed by atoms with Gasteiger partial charge in [-0.05, 0) is 36.8 Å². The van der Waals surface area contributed by atoms with Crippen molar-refractivity contribution in [2.24, 2.45) is 10.7 Å². The first-order chi connectivity index (χ1) is 13.8. The molecule has 3 N–H and O–H groups in total. The third-order valence-electron chi connectivity index (χ3n) is 3.81. The lowest BCUT2D eigenvalue weighted by Crippen LogP contribution is -2.23. The Morgan fingerprint density at radius 1 is 0.966 bits per heavy atom. The fraction of sp³-hybridized carbons (Fsp3) is 0.316. The van der Waals surface area contributed by atoms with Crippen LogP contribution < -0.4 is 30.0 Å². The maximum atomic E-state index is 12.2. The Hall–Kier alpha value is -3.30. The molecule has 2 aromatic carbocycles. The molecule has 0 bridgehead atoms. The predicted molar refractivity (Wildman–Crippen MR) is 103 cm³/mol. The summed E-state index contributed by atoms with van der Waals surface area (Å²) in [5.41, 5.74) is 7.17. The maximum absolute atomic E-state index is 12.2. The SMILES string of the molecule is COc1ccc(CCN=C(N)Nc2ccc(OC(F)(F)F)cc2)c(OC)c1OC. The molecule has 0 atom stereocenters. The highest BCUT2D eigenvalue weighted by Crippen LogP contribution is 2.39. The van der Waals surface area contributed by atoms with E-state index in [0.29, 0.717) is 35.9 Å². The zero-order valence-electron chi connectivity index (χ0n) is 16.2. The Bertz CT molecular complexity index is 840. The highest BCUT2D eigenvalue weighted by molar-refractivity contribution is 5.92. The van der Waals surface area contributed by atoms with Crippen LogP contribution in [0.15, 0.2) is 41.4 Å². The minimum Gasteiger partial charge on any atom is -0.493 e. The number of alkyl halides is 3. The monoisotopic (exact) mass is 413 g/mol. The molecule has 0 aliphatic rings. The number of nitrogens with two attached hydrogens (primary N) is 1. The van der Waals surface area contributed by atoms with E-state index < -0.39 is 6.36 Å². The molecular weight excluding hydrogens is 391 g/mol. The molecule has 0 amide bonds. The molecule has 0 radical (unpaired) electrons.